The molecule has 1 heterocycles. The largest absolute Gasteiger partial charge is 0.506 e. The molecule has 35 heavy (non-hydrogen) atoms. The number of aromatic nitrogens is 1. The van der Waals surface area contributed by atoms with Crippen LogP contribution in [0.4, 0.5) is 13.2 Å². The van der Waals surface area contributed by atoms with Crippen LogP contribution < -0.4 is 0 Å². The number of carbonyl (C=O) groups is 2. The number of ether oxygens (including phenoxy) is 2. The van der Waals surface area contributed by atoms with Crippen molar-refractivity contribution < 1.29 is 37.3 Å². The topological polar surface area (TPSA) is 85.7 Å². The molecular formula is C26H26F3NO5. The predicted molar refractivity (Wildman–Crippen MR) is 120 cm³/mol. The van der Waals surface area contributed by atoms with Crippen LogP contribution in [0.5, 0.6) is 0 Å². The third-order valence-electron chi connectivity index (χ3n) is 6.35. The number of Topliss-reactive ketones (excluding diaryl/α,β-unsaturated/α-hetero) is 2. The zero-order valence-corrected chi connectivity index (χ0v) is 19.0. The Hall–Kier alpha value is -3.04. The smallest absolute Gasteiger partial charge is 0.433 e. The molecule has 0 saturated heterocycles. The van der Waals surface area contributed by atoms with E-state index in [4.69, 9.17) is 9.47 Å². The van der Waals surface area contributed by atoms with Gasteiger partial charge in [0.25, 0.3) is 0 Å². The van der Waals surface area contributed by atoms with E-state index in [0.717, 1.165) is 17.7 Å². The summed E-state index contributed by atoms with van der Waals surface area (Å²) in [5.41, 5.74) is -0.744. The van der Waals surface area contributed by atoms with E-state index in [-0.39, 0.29) is 41.9 Å². The first kappa shape index (κ1) is 25.1. The maximum Gasteiger partial charge on any atom is 0.433 e. The zero-order chi connectivity index (χ0) is 25.0. The van der Waals surface area contributed by atoms with Crippen LogP contribution in [0.25, 0.3) is 5.76 Å². The standard InChI is InChI=1S/C26H26F3NO5/c27-26(28,29)21-10-9-19(25(33)22-23(31)17-7-8-18(13-17)24(22)32)20(30-21)15-35-12-4-11-34-14-16-5-2-1-3-6-16/h1-3,5-6,9-10,17-18,33H,4,7-8,11-15H2. The highest BCUT2D eigenvalue weighted by Crippen LogP contribution is 2.42. The van der Waals surface area contributed by atoms with Crippen LogP contribution >= 0.6 is 0 Å². The fourth-order valence-electron chi connectivity index (χ4n) is 4.54. The summed E-state index contributed by atoms with van der Waals surface area (Å²) in [5, 5.41) is 10.8. The number of hydrogen-bond donors (Lipinski definition) is 1. The lowest BCUT2D eigenvalue weighted by molar-refractivity contribution is -0.141. The highest BCUT2D eigenvalue weighted by molar-refractivity contribution is 6.27. The van der Waals surface area contributed by atoms with E-state index < -0.39 is 29.2 Å². The fourth-order valence-corrected chi connectivity index (χ4v) is 4.54. The molecule has 2 saturated carbocycles. The van der Waals surface area contributed by atoms with E-state index in [9.17, 15) is 27.9 Å². The molecule has 2 unspecified atom stereocenters. The van der Waals surface area contributed by atoms with Crippen molar-refractivity contribution in [2.45, 2.75) is 45.1 Å². The number of aliphatic hydroxyl groups excluding tert-OH is 1. The van der Waals surface area contributed by atoms with Gasteiger partial charge in [-0.2, -0.15) is 13.2 Å². The minimum atomic E-state index is -4.70. The van der Waals surface area contributed by atoms with Crippen molar-refractivity contribution in [3.8, 4) is 0 Å². The lowest BCUT2D eigenvalue weighted by atomic mass is 9.81. The van der Waals surface area contributed by atoms with E-state index >= 15 is 0 Å². The Kier molecular flexibility index (Phi) is 7.66. The van der Waals surface area contributed by atoms with E-state index in [1.807, 2.05) is 30.3 Å². The summed E-state index contributed by atoms with van der Waals surface area (Å²) in [6, 6.07) is 11.4. The van der Waals surface area contributed by atoms with Crippen molar-refractivity contribution >= 4 is 17.3 Å². The number of rotatable bonds is 9. The van der Waals surface area contributed by atoms with E-state index in [2.05, 4.69) is 4.98 Å². The highest BCUT2D eigenvalue weighted by atomic mass is 19.4. The van der Waals surface area contributed by atoms with Crippen LogP contribution in [0.15, 0.2) is 48.0 Å². The summed E-state index contributed by atoms with van der Waals surface area (Å²) in [7, 11) is 0. The maximum absolute atomic E-state index is 13.3. The first-order chi connectivity index (χ1) is 16.8. The summed E-state index contributed by atoms with van der Waals surface area (Å²) < 4.78 is 50.8. The normalized spacial score (nSPS) is 19.9. The molecule has 0 radical (unpaired) electrons. The molecule has 6 nitrogen and oxygen atoms in total. The number of pyridine rings is 1. The SMILES string of the molecule is O=C1C(=C(O)c2ccc(C(F)(F)F)nc2COCCCOCc2ccccc2)C(=O)C2CCC1C2. The average Bonchev–Trinajstić information content (AvgIpc) is 3.29. The Morgan fingerprint density at radius 2 is 1.57 bits per heavy atom. The Morgan fingerprint density at radius 1 is 0.943 bits per heavy atom. The second kappa shape index (κ2) is 10.7. The van der Waals surface area contributed by atoms with Gasteiger partial charge >= 0.3 is 6.18 Å². The number of allylic oxidation sites excluding steroid dienone is 1. The van der Waals surface area contributed by atoms with Crippen LogP contribution in [0.3, 0.4) is 0 Å². The van der Waals surface area contributed by atoms with Crippen LogP contribution in [0.2, 0.25) is 0 Å². The number of ketones is 2. The monoisotopic (exact) mass is 489 g/mol. The van der Waals surface area contributed by atoms with Crippen LogP contribution in [-0.4, -0.2) is 34.9 Å². The molecule has 1 N–H and O–H groups in total. The van der Waals surface area contributed by atoms with Crippen molar-refractivity contribution in [1.29, 1.82) is 0 Å². The average molecular weight is 489 g/mol. The molecule has 2 aliphatic rings. The van der Waals surface area contributed by atoms with Gasteiger partial charge in [-0.25, -0.2) is 4.98 Å². The van der Waals surface area contributed by atoms with Crippen LogP contribution in [-0.2, 0) is 38.5 Å². The number of alkyl halides is 3. The van der Waals surface area contributed by atoms with E-state index in [1.165, 1.54) is 0 Å². The van der Waals surface area contributed by atoms with Gasteiger partial charge in [-0.3, -0.25) is 9.59 Å². The molecule has 0 spiro atoms. The molecule has 2 fully saturated rings. The van der Waals surface area contributed by atoms with Crippen molar-refractivity contribution in [3.05, 3.63) is 70.6 Å². The number of benzene rings is 1. The highest BCUT2D eigenvalue weighted by Gasteiger charge is 2.45. The summed E-state index contributed by atoms with van der Waals surface area (Å²) in [6.45, 7) is 0.681. The van der Waals surface area contributed by atoms with Gasteiger partial charge < -0.3 is 14.6 Å². The molecule has 186 valence electrons. The maximum atomic E-state index is 13.3. The lowest BCUT2D eigenvalue weighted by Crippen LogP contribution is -2.30. The molecule has 2 aliphatic carbocycles. The molecule has 2 bridgehead atoms. The van der Waals surface area contributed by atoms with Gasteiger partial charge in [0.05, 0.1) is 18.9 Å². The quantitative estimate of drug-likeness (QED) is 0.229. The molecule has 0 aliphatic heterocycles. The van der Waals surface area contributed by atoms with E-state index in [0.29, 0.717) is 38.9 Å². The van der Waals surface area contributed by atoms with Crippen LogP contribution in [0, 0.1) is 11.8 Å². The third-order valence-corrected chi connectivity index (χ3v) is 6.35. The number of nitrogens with zero attached hydrogens (tertiary/aromatic N) is 1. The molecular weight excluding hydrogens is 463 g/mol. The van der Waals surface area contributed by atoms with E-state index in [1.54, 1.807) is 0 Å². The first-order valence-electron chi connectivity index (χ1n) is 11.5. The van der Waals surface area contributed by atoms with Crippen molar-refractivity contribution in [2.75, 3.05) is 13.2 Å². The molecule has 1 aromatic heterocycles. The first-order valence-corrected chi connectivity index (χ1v) is 11.5. The fraction of sp³-hybridized carbons (Fsp3) is 0.423. The van der Waals surface area contributed by atoms with Gasteiger partial charge in [-0.15, -0.1) is 0 Å². The zero-order valence-electron chi connectivity index (χ0n) is 19.0. The minimum absolute atomic E-state index is 0.101. The predicted octanol–water partition coefficient (Wildman–Crippen LogP) is 5.06. The molecule has 4 rings (SSSR count). The summed E-state index contributed by atoms with van der Waals surface area (Å²) in [6.07, 6.45) is -2.60. The Morgan fingerprint density at radius 3 is 2.20 bits per heavy atom. The molecule has 0 amide bonds. The van der Waals surface area contributed by atoms with Gasteiger partial charge in [0.1, 0.15) is 17.0 Å². The van der Waals surface area contributed by atoms with Crippen molar-refractivity contribution in [2.24, 2.45) is 11.8 Å². The van der Waals surface area contributed by atoms with Gasteiger partial charge in [-0.1, -0.05) is 30.3 Å². The Bertz CT molecular complexity index is 1090. The Labute approximate surface area is 200 Å². The third kappa shape index (κ3) is 5.79. The number of hydrogen-bond acceptors (Lipinski definition) is 6. The molecule has 2 atom stereocenters. The summed E-state index contributed by atoms with van der Waals surface area (Å²) in [4.78, 5) is 29.1. The number of fused-ring (bicyclic) bond motifs is 2. The van der Waals surface area contributed by atoms with Gasteiger partial charge in [0, 0.05) is 30.6 Å². The van der Waals surface area contributed by atoms with Gasteiger partial charge in [-0.05, 0) is 43.4 Å². The number of carbonyl (C=O) groups excluding carboxylic acids is 2. The lowest BCUT2D eigenvalue weighted by Gasteiger charge is -2.21. The van der Waals surface area contributed by atoms with Gasteiger partial charge in [0.15, 0.2) is 11.6 Å². The summed E-state index contributed by atoms with van der Waals surface area (Å²) in [5.74, 6) is -2.21. The van der Waals surface area contributed by atoms with Crippen molar-refractivity contribution in [3.63, 3.8) is 0 Å². The Balaban J connectivity index is 1.45. The minimum Gasteiger partial charge on any atom is -0.506 e. The molecule has 9 heteroatoms. The van der Waals surface area contributed by atoms with Gasteiger partial charge in [0.2, 0.25) is 0 Å². The molecule has 2 aromatic rings. The van der Waals surface area contributed by atoms with Crippen LogP contribution in [0.1, 0.15) is 48.2 Å². The second-order valence-electron chi connectivity index (χ2n) is 8.79. The molecule has 1 aromatic carbocycles. The summed E-state index contributed by atoms with van der Waals surface area (Å²) >= 11 is 0. The second-order valence-corrected chi connectivity index (χ2v) is 8.79. The van der Waals surface area contributed by atoms with Crippen molar-refractivity contribution in [1.82, 2.24) is 4.98 Å². The number of halogens is 3. The number of aliphatic hydroxyl groups is 1.